The zero-order chi connectivity index (χ0) is 14.5. The first-order valence-electron chi connectivity index (χ1n) is 6.02. The second-order valence-corrected chi connectivity index (χ2v) is 4.43. The van der Waals surface area contributed by atoms with Crippen LogP contribution in [0.2, 0.25) is 0 Å². The average molecular weight is 274 g/mol. The highest BCUT2D eigenvalue weighted by Gasteiger charge is 2.39. The molecule has 0 aliphatic heterocycles. The van der Waals surface area contributed by atoms with Crippen molar-refractivity contribution in [3.05, 3.63) is 17.5 Å². The average Bonchev–Trinajstić information content (AvgIpc) is 2.60. The van der Waals surface area contributed by atoms with E-state index in [9.17, 15) is 13.2 Å². The minimum Gasteiger partial charge on any atom is -0.315 e. The molecule has 0 aliphatic carbocycles. The Morgan fingerprint density at radius 3 is 2.63 bits per heavy atom. The molecular formula is C12H17F3N4. The predicted molar refractivity (Wildman–Crippen MR) is 64.3 cm³/mol. The van der Waals surface area contributed by atoms with E-state index in [0.29, 0.717) is 19.5 Å². The van der Waals surface area contributed by atoms with E-state index in [4.69, 9.17) is 5.26 Å². The van der Waals surface area contributed by atoms with Crippen molar-refractivity contribution in [1.29, 1.82) is 5.26 Å². The van der Waals surface area contributed by atoms with Gasteiger partial charge in [-0.1, -0.05) is 0 Å². The fourth-order valence-corrected chi connectivity index (χ4v) is 1.74. The Morgan fingerprint density at radius 1 is 1.47 bits per heavy atom. The first-order valence-corrected chi connectivity index (χ1v) is 6.02. The number of halogens is 3. The van der Waals surface area contributed by atoms with Gasteiger partial charge in [-0.05, 0) is 32.9 Å². The number of nitrogens with one attached hydrogen (secondary N) is 1. The lowest BCUT2D eigenvalue weighted by Gasteiger charge is -2.13. The number of hydrogen-bond acceptors (Lipinski definition) is 3. The number of nitriles is 1. The van der Waals surface area contributed by atoms with Crippen LogP contribution < -0.4 is 5.32 Å². The van der Waals surface area contributed by atoms with Gasteiger partial charge in [-0.3, -0.25) is 4.68 Å². The van der Waals surface area contributed by atoms with E-state index in [2.05, 4.69) is 10.4 Å². The molecule has 0 radical (unpaired) electrons. The normalized spacial score (nSPS) is 13.3. The highest BCUT2D eigenvalue weighted by atomic mass is 19.4. The Labute approximate surface area is 110 Å². The molecule has 1 rings (SSSR count). The molecule has 1 unspecified atom stereocenters. The van der Waals surface area contributed by atoms with Crippen molar-refractivity contribution in [2.24, 2.45) is 5.92 Å². The minimum atomic E-state index is -4.46. The standard InChI is InChI=1S/C12H17F3N4/c1-9-6-10(2)19(18-9)5-3-4-17-8-11(7-16)12(13,14)15/h6,11,17H,3-5,8H2,1-2H3. The summed E-state index contributed by atoms with van der Waals surface area (Å²) in [5.74, 6) is -1.94. The lowest BCUT2D eigenvalue weighted by atomic mass is 10.1. The van der Waals surface area contributed by atoms with Crippen molar-refractivity contribution in [3.63, 3.8) is 0 Å². The number of rotatable bonds is 6. The number of aryl methyl sites for hydroxylation is 3. The monoisotopic (exact) mass is 274 g/mol. The zero-order valence-corrected chi connectivity index (χ0v) is 11.0. The van der Waals surface area contributed by atoms with Crippen LogP contribution in [0.4, 0.5) is 13.2 Å². The summed E-state index contributed by atoms with van der Waals surface area (Å²) in [6, 6.07) is 3.21. The maximum absolute atomic E-state index is 12.3. The molecule has 0 aromatic carbocycles. The molecule has 0 aliphatic rings. The third-order valence-corrected chi connectivity index (χ3v) is 2.73. The quantitative estimate of drug-likeness (QED) is 0.809. The van der Waals surface area contributed by atoms with Crippen LogP contribution in [0.25, 0.3) is 0 Å². The van der Waals surface area contributed by atoms with Crippen molar-refractivity contribution in [3.8, 4) is 6.07 Å². The van der Waals surface area contributed by atoms with E-state index in [1.807, 2.05) is 24.6 Å². The highest BCUT2D eigenvalue weighted by molar-refractivity contribution is 5.06. The van der Waals surface area contributed by atoms with Gasteiger partial charge >= 0.3 is 6.18 Å². The molecule has 0 saturated carbocycles. The Morgan fingerprint density at radius 2 is 2.16 bits per heavy atom. The second kappa shape index (κ2) is 6.57. The molecule has 0 saturated heterocycles. The lowest BCUT2D eigenvalue weighted by molar-refractivity contribution is -0.157. The van der Waals surface area contributed by atoms with Gasteiger partial charge in [0.15, 0.2) is 5.92 Å². The van der Waals surface area contributed by atoms with Crippen LogP contribution in [0.1, 0.15) is 17.8 Å². The molecular weight excluding hydrogens is 257 g/mol. The fourth-order valence-electron chi connectivity index (χ4n) is 1.74. The van der Waals surface area contributed by atoms with Crippen LogP contribution in [-0.2, 0) is 6.54 Å². The van der Waals surface area contributed by atoms with E-state index in [-0.39, 0.29) is 6.54 Å². The minimum absolute atomic E-state index is 0.364. The summed E-state index contributed by atoms with van der Waals surface area (Å²) in [6.45, 7) is 4.53. The molecule has 19 heavy (non-hydrogen) atoms. The second-order valence-electron chi connectivity index (χ2n) is 4.43. The van der Waals surface area contributed by atoms with Crippen LogP contribution in [0.3, 0.4) is 0 Å². The van der Waals surface area contributed by atoms with Crippen LogP contribution in [0.15, 0.2) is 6.07 Å². The van der Waals surface area contributed by atoms with Crippen molar-refractivity contribution >= 4 is 0 Å². The van der Waals surface area contributed by atoms with Crippen LogP contribution in [0, 0.1) is 31.1 Å². The SMILES string of the molecule is Cc1cc(C)n(CCCNCC(C#N)C(F)(F)F)n1. The summed E-state index contributed by atoms with van der Waals surface area (Å²) in [7, 11) is 0. The van der Waals surface area contributed by atoms with E-state index >= 15 is 0 Å². The summed E-state index contributed by atoms with van der Waals surface area (Å²) in [5, 5.41) is 15.3. The maximum atomic E-state index is 12.3. The van der Waals surface area contributed by atoms with Crippen molar-refractivity contribution in [2.75, 3.05) is 13.1 Å². The molecule has 0 spiro atoms. The Balaban J connectivity index is 2.25. The molecule has 4 nitrogen and oxygen atoms in total. The molecule has 1 aromatic heterocycles. The molecule has 1 N–H and O–H groups in total. The molecule has 0 bridgehead atoms. The van der Waals surface area contributed by atoms with Gasteiger partial charge in [-0.2, -0.15) is 23.5 Å². The van der Waals surface area contributed by atoms with Crippen molar-refractivity contribution < 1.29 is 13.2 Å². The smallest absolute Gasteiger partial charge is 0.315 e. The first kappa shape index (κ1) is 15.5. The topological polar surface area (TPSA) is 53.6 Å². The van der Waals surface area contributed by atoms with Gasteiger partial charge in [0.25, 0.3) is 0 Å². The largest absolute Gasteiger partial charge is 0.405 e. The van der Waals surface area contributed by atoms with Gasteiger partial charge in [0, 0.05) is 18.8 Å². The van der Waals surface area contributed by atoms with Gasteiger partial charge in [0.05, 0.1) is 11.8 Å². The molecule has 0 fully saturated rings. The summed E-state index contributed by atoms with van der Waals surface area (Å²) in [6.07, 6.45) is -3.80. The van der Waals surface area contributed by atoms with Crippen LogP contribution >= 0.6 is 0 Å². The van der Waals surface area contributed by atoms with Gasteiger partial charge in [0.2, 0.25) is 0 Å². The number of hydrogen-bond donors (Lipinski definition) is 1. The Kier molecular flexibility index (Phi) is 5.36. The van der Waals surface area contributed by atoms with E-state index in [0.717, 1.165) is 11.4 Å². The number of nitrogens with zero attached hydrogens (tertiary/aromatic N) is 3. The summed E-state index contributed by atoms with van der Waals surface area (Å²) in [4.78, 5) is 0. The first-order chi connectivity index (χ1) is 8.84. The van der Waals surface area contributed by atoms with Crippen LogP contribution in [-0.4, -0.2) is 29.0 Å². The third kappa shape index (κ3) is 4.91. The van der Waals surface area contributed by atoms with Gasteiger partial charge in [0.1, 0.15) is 0 Å². The van der Waals surface area contributed by atoms with Gasteiger partial charge < -0.3 is 5.32 Å². The maximum Gasteiger partial charge on any atom is 0.405 e. The van der Waals surface area contributed by atoms with E-state index in [1.54, 1.807) is 0 Å². The van der Waals surface area contributed by atoms with Crippen LogP contribution in [0.5, 0.6) is 0 Å². The molecule has 0 amide bonds. The third-order valence-electron chi connectivity index (χ3n) is 2.73. The predicted octanol–water partition coefficient (Wildman–Crippen LogP) is 2.18. The summed E-state index contributed by atoms with van der Waals surface area (Å²) in [5.41, 5.74) is 1.95. The Bertz CT molecular complexity index is 445. The summed E-state index contributed by atoms with van der Waals surface area (Å²) < 4.78 is 38.6. The van der Waals surface area contributed by atoms with Gasteiger partial charge in [-0.15, -0.1) is 0 Å². The molecule has 1 aromatic rings. The van der Waals surface area contributed by atoms with E-state index in [1.165, 1.54) is 6.07 Å². The molecule has 1 atom stereocenters. The molecule has 7 heteroatoms. The van der Waals surface area contributed by atoms with Crippen molar-refractivity contribution in [1.82, 2.24) is 15.1 Å². The summed E-state index contributed by atoms with van der Waals surface area (Å²) >= 11 is 0. The zero-order valence-electron chi connectivity index (χ0n) is 11.0. The molecule has 106 valence electrons. The van der Waals surface area contributed by atoms with Gasteiger partial charge in [-0.25, -0.2) is 0 Å². The van der Waals surface area contributed by atoms with Crippen molar-refractivity contribution in [2.45, 2.75) is 33.0 Å². The number of aromatic nitrogens is 2. The fraction of sp³-hybridized carbons (Fsp3) is 0.667. The van der Waals surface area contributed by atoms with E-state index < -0.39 is 12.1 Å². The lowest BCUT2D eigenvalue weighted by Crippen LogP contribution is -2.33. The number of alkyl halides is 3. The molecule has 1 heterocycles. The Hall–Kier alpha value is -1.55. The highest BCUT2D eigenvalue weighted by Crippen LogP contribution is 2.24.